The Hall–Kier alpha value is -4.06. The van der Waals surface area contributed by atoms with Crippen molar-refractivity contribution in [1.82, 2.24) is 14.5 Å². The summed E-state index contributed by atoms with van der Waals surface area (Å²) in [5, 5.41) is 10.5. The number of fused-ring (bicyclic) bond motifs is 5. The van der Waals surface area contributed by atoms with E-state index in [2.05, 4.69) is 11.6 Å². The highest BCUT2D eigenvalue weighted by Crippen LogP contribution is 2.54. The Morgan fingerprint density at radius 2 is 1.95 bits per heavy atom. The van der Waals surface area contributed by atoms with Gasteiger partial charge in [0, 0.05) is 31.4 Å². The lowest BCUT2D eigenvalue weighted by Gasteiger charge is -2.49. The maximum absolute atomic E-state index is 14.8. The molecule has 2 aliphatic heterocycles. The Morgan fingerprint density at radius 1 is 1.25 bits per heavy atom. The van der Waals surface area contributed by atoms with Crippen LogP contribution in [0.25, 0.3) is 22.3 Å². The molecular formula is C27H23ClF3N5O4. The number of aromatic hydroxyl groups is 1. The van der Waals surface area contributed by atoms with Crippen molar-refractivity contribution in [3.63, 3.8) is 0 Å². The quantitative estimate of drug-likeness (QED) is 0.480. The topological polar surface area (TPSA) is 99.0 Å². The van der Waals surface area contributed by atoms with Crippen molar-refractivity contribution >= 4 is 45.8 Å². The summed E-state index contributed by atoms with van der Waals surface area (Å²) >= 11 is 6.58. The molecule has 1 N–H and O–H groups in total. The van der Waals surface area contributed by atoms with Crippen LogP contribution in [0.1, 0.15) is 19.4 Å². The number of likely N-dealkylation sites (N-methyl/N-ethyl adjacent to an activating group) is 1. The van der Waals surface area contributed by atoms with E-state index in [-0.39, 0.29) is 57.7 Å². The molecule has 40 heavy (non-hydrogen) atoms. The number of amides is 2. The second kappa shape index (κ2) is 8.72. The van der Waals surface area contributed by atoms with Gasteiger partial charge in [0.15, 0.2) is 0 Å². The molecule has 1 aromatic carbocycles. The zero-order chi connectivity index (χ0) is 28.8. The lowest BCUT2D eigenvalue weighted by Crippen LogP contribution is -2.66. The second-order valence-corrected chi connectivity index (χ2v) is 10.7. The van der Waals surface area contributed by atoms with Crippen molar-refractivity contribution < 1.29 is 27.9 Å². The largest absolute Gasteiger partial charge is 0.507 e. The van der Waals surface area contributed by atoms with Gasteiger partial charge in [-0.3, -0.25) is 19.0 Å². The number of carbonyl (C=O) groups is 2. The minimum Gasteiger partial charge on any atom is -0.507 e. The van der Waals surface area contributed by atoms with Crippen LogP contribution in [0.5, 0.6) is 5.75 Å². The molecule has 208 valence electrons. The van der Waals surface area contributed by atoms with Crippen LogP contribution in [-0.4, -0.2) is 69.5 Å². The molecule has 3 atom stereocenters. The van der Waals surface area contributed by atoms with Gasteiger partial charge < -0.3 is 19.8 Å². The van der Waals surface area contributed by atoms with Crippen molar-refractivity contribution in [2.75, 3.05) is 29.9 Å². The van der Waals surface area contributed by atoms with Gasteiger partial charge in [0.25, 0.3) is 17.4 Å². The molecule has 9 nitrogen and oxygen atoms in total. The van der Waals surface area contributed by atoms with Crippen LogP contribution in [0.2, 0.25) is 5.02 Å². The monoisotopic (exact) mass is 573 g/mol. The smallest absolute Gasteiger partial charge is 0.278 e. The number of phenols is 1. The number of rotatable bonds is 3. The lowest BCUT2D eigenvalue weighted by atomic mass is 9.98. The summed E-state index contributed by atoms with van der Waals surface area (Å²) in [5.74, 6) is -5.36. The second-order valence-electron chi connectivity index (χ2n) is 10.3. The summed E-state index contributed by atoms with van der Waals surface area (Å²) in [6.07, 6.45) is 0.537. The van der Waals surface area contributed by atoms with Crippen LogP contribution in [0.15, 0.2) is 41.7 Å². The molecular weight excluding hydrogens is 551 g/mol. The molecule has 3 aromatic rings. The fourth-order valence-electron chi connectivity index (χ4n) is 5.75. The summed E-state index contributed by atoms with van der Waals surface area (Å²) in [6.45, 7) is 5.44. The molecule has 1 aliphatic carbocycles. The van der Waals surface area contributed by atoms with E-state index in [4.69, 9.17) is 11.6 Å². The van der Waals surface area contributed by atoms with Gasteiger partial charge in [-0.05, 0) is 31.2 Å². The van der Waals surface area contributed by atoms with E-state index in [1.165, 1.54) is 30.1 Å². The van der Waals surface area contributed by atoms with Gasteiger partial charge in [0.05, 0.1) is 28.5 Å². The maximum Gasteiger partial charge on any atom is 0.278 e. The number of anilines is 2. The number of aromatic nitrogens is 2. The van der Waals surface area contributed by atoms with Gasteiger partial charge in [-0.1, -0.05) is 24.2 Å². The molecule has 0 unspecified atom stereocenters. The molecule has 0 radical (unpaired) electrons. The van der Waals surface area contributed by atoms with Crippen molar-refractivity contribution in [3.05, 3.63) is 58.1 Å². The first-order valence-corrected chi connectivity index (χ1v) is 12.9. The first-order chi connectivity index (χ1) is 18.9. The number of benzene rings is 1. The van der Waals surface area contributed by atoms with Crippen LogP contribution in [-0.2, 0) is 9.59 Å². The average molecular weight is 574 g/mol. The van der Waals surface area contributed by atoms with E-state index in [1.807, 2.05) is 0 Å². The number of nitrogens with zero attached hydrogens (tertiary/aromatic N) is 5. The summed E-state index contributed by atoms with van der Waals surface area (Å²) in [4.78, 5) is 48.6. The van der Waals surface area contributed by atoms with Gasteiger partial charge >= 0.3 is 0 Å². The zero-order valence-corrected chi connectivity index (χ0v) is 22.1. The van der Waals surface area contributed by atoms with E-state index >= 15 is 0 Å². The summed E-state index contributed by atoms with van der Waals surface area (Å²) in [7, 11) is 1.37. The number of hydrogen-bond donors (Lipinski definition) is 1. The number of phenolic OH excluding ortho intramolecular Hbond substituents is 1. The first-order valence-electron chi connectivity index (χ1n) is 12.5. The fraction of sp³-hybridized carbons (Fsp3) is 0.333. The third-order valence-corrected chi connectivity index (χ3v) is 8.14. The van der Waals surface area contributed by atoms with Gasteiger partial charge in [-0.25, -0.2) is 18.2 Å². The Balaban J connectivity index is 1.66. The number of carbonyl (C=O) groups excluding carboxylic acids is 2. The summed E-state index contributed by atoms with van der Waals surface area (Å²) in [5.41, 5.74) is -1.49. The number of pyridine rings is 2. The Morgan fingerprint density at radius 3 is 2.58 bits per heavy atom. The van der Waals surface area contributed by atoms with E-state index in [0.29, 0.717) is 0 Å². The van der Waals surface area contributed by atoms with Crippen LogP contribution in [0, 0.1) is 5.82 Å². The highest BCUT2D eigenvalue weighted by Gasteiger charge is 2.60. The third kappa shape index (κ3) is 3.61. The van der Waals surface area contributed by atoms with E-state index in [9.17, 15) is 32.7 Å². The van der Waals surface area contributed by atoms with Gasteiger partial charge in [0.1, 0.15) is 35.0 Å². The first kappa shape index (κ1) is 26.2. The molecule has 2 aromatic heterocycles. The van der Waals surface area contributed by atoms with Gasteiger partial charge in [-0.15, -0.1) is 0 Å². The van der Waals surface area contributed by atoms with Gasteiger partial charge in [0.2, 0.25) is 5.91 Å². The predicted octanol–water partition coefficient (Wildman–Crippen LogP) is 3.71. The van der Waals surface area contributed by atoms with Crippen molar-refractivity contribution in [2.45, 2.75) is 37.4 Å². The van der Waals surface area contributed by atoms with E-state index in [0.717, 1.165) is 21.6 Å². The standard InChI is InChI=1S/C27H23ClF3N5O4/c1-4-19(38)34-11-16-25(39)33(3)23-22(35(16)10-12(34)2)13-8-14(28)21(20-15(29)6-5-7-17(20)37)32-24(13)36(26(23)40)18-9-27(18,30)31/h4-8,12,16,18,37H,1,9-11H2,2-3H3/t12-,16-,18-/m1/s1. The number of alkyl halides is 2. The highest BCUT2D eigenvalue weighted by atomic mass is 35.5. The lowest BCUT2D eigenvalue weighted by molar-refractivity contribution is -0.130. The van der Waals surface area contributed by atoms with Crippen LogP contribution in [0.4, 0.5) is 24.5 Å². The Kier molecular flexibility index (Phi) is 5.71. The predicted molar refractivity (Wildman–Crippen MR) is 143 cm³/mol. The number of hydrogen-bond acceptors (Lipinski definition) is 6. The molecule has 2 amide bonds. The van der Waals surface area contributed by atoms with Gasteiger partial charge in [-0.2, -0.15) is 0 Å². The van der Waals surface area contributed by atoms with Crippen molar-refractivity contribution in [2.24, 2.45) is 0 Å². The normalized spacial score (nSPS) is 23.2. The molecule has 3 aliphatic rings. The zero-order valence-electron chi connectivity index (χ0n) is 21.4. The number of piperazine rings is 1. The van der Waals surface area contributed by atoms with Crippen LogP contribution >= 0.6 is 11.6 Å². The molecule has 13 heteroatoms. The van der Waals surface area contributed by atoms with Crippen molar-refractivity contribution in [1.29, 1.82) is 0 Å². The minimum atomic E-state index is -3.20. The van der Waals surface area contributed by atoms with Crippen LogP contribution < -0.4 is 15.4 Å². The fourth-order valence-corrected chi connectivity index (χ4v) is 6.00. The third-order valence-electron chi connectivity index (χ3n) is 7.85. The van der Waals surface area contributed by atoms with E-state index in [1.54, 1.807) is 11.8 Å². The molecule has 4 heterocycles. The highest BCUT2D eigenvalue weighted by molar-refractivity contribution is 6.34. The number of halogens is 4. The SMILES string of the molecule is C=CC(=O)N1C[C@@H]2C(=O)N(C)c3c(c4cc(Cl)c(-c5c(O)cccc5F)nc4n([C@@H]4CC4(F)F)c3=O)N2C[C@H]1C. The molecule has 1 saturated heterocycles. The Labute approximate surface area is 230 Å². The maximum atomic E-state index is 14.8. The molecule has 0 spiro atoms. The summed E-state index contributed by atoms with van der Waals surface area (Å²) in [6, 6.07) is 2.17. The average Bonchev–Trinajstić information content (AvgIpc) is 3.53. The summed E-state index contributed by atoms with van der Waals surface area (Å²) < 4.78 is 44.5. The molecule has 2 fully saturated rings. The Bertz CT molecular complexity index is 1690. The molecule has 6 rings (SSSR count). The van der Waals surface area contributed by atoms with Crippen LogP contribution in [0.3, 0.4) is 0 Å². The minimum absolute atomic E-state index is 0.00223. The molecule has 0 bridgehead atoms. The molecule has 1 saturated carbocycles. The van der Waals surface area contributed by atoms with E-state index < -0.39 is 53.5 Å². The van der Waals surface area contributed by atoms with Crippen molar-refractivity contribution in [3.8, 4) is 17.0 Å².